The molecule has 1 N–H and O–H groups in total. The van der Waals surface area contributed by atoms with Crippen molar-refractivity contribution in [3.8, 4) is 0 Å². The minimum Gasteiger partial charge on any atom is -0.324 e. The summed E-state index contributed by atoms with van der Waals surface area (Å²) < 4.78 is 24.4. The molecule has 0 aromatic heterocycles. The summed E-state index contributed by atoms with van der Waals surface area (Å²) in [6.45, 7) is 3.85. The molecule has 0 spiro atoms. The van der Waals surface area contributed by atoms with Crippen molar-refractivity contribution in [2.24, 2.45) is 0 Å². The van der Waals surface area contributed by atoms with E-state index in [1.165, 1.54) is 24.3 Å². The minimum absolute atomic E-state index is 0.125. The number of nitrogens with one attached hydrogen (secondary N) is 1. The molecule has 1 fully saturated rings. The molecule has 126 valence electrons. The lowest BCUT2D eigenvalue weighted by Crippen LogP contribution is -2.37. The average Bonchev–Trinajstić information content (AvgIpc) is 3.34. The Morgan fingerprint density at radius 1 is 1.08 bits per heavy atom. The van der Waals surface area contributed by atoms with E-state index >= 15 is 0 Å². The van der Waals surface area contributed by atoms with Gasteiger partial charge >= 0.3 is 0 Å². The predicted molar refractivity (Wildman–Crippen MR) is 95.1 cm³/mol. The lowest BCUT2D eigenvalue weighted by molar-refractivity contribution is -0.116. The van der Waals surface area contributed by atoms with Crippen LogP contribution in [0.25, 0.3) is 0 Å². The van der Waals surface area contributed by atoms with E-state index in [1.54, 1.807) is 6.07 Å². The van der Waals surface area contributed by atoms with Gasteiger partial charge in [0, 0.05) is 10.7 Å². The number of sulfone groups is 1. The number of carbonyl (C=O) groups is 1. The Morgan fingerprint density at radius 3 is 2.29 bits per heavy atom. The summed E-state index contributed by atoms with van der Waals surface area (Å²) in [5.41, 5.74) is 2.63. The quantitative estimate of drug-likeness (QED) is 0.895. The molecule has 0 heterocycles. The number of anilines is 1. The normalized spacial score (nSPS) is 15.8. The monoisotopic (exact) mass is 363 g/mol. The summed E-state index contributed by atoms with van der Waals surface area (Å²) in [5, 5.41) is 3.25. The number of benzene rings is 2. The number of hydrogen-bond acceptors (Lipinski definition) is 3. The molecular formula is C18H18ClNO3S. The van der Waals surface area contributed by atoms with Crippen molar-refractivity contribution in [2.75, 3.05) is 5.32 Å². The molecule has 1 aliphatic carbocycles. The molecule has 2 aromatic carbocycles. The molecule has 0 saturated heterocycles. The van der Waals surface area contributed by atoms with Crippen molar-refractivity contribution >= 4 is 33.0 Å². The number of hydrogen-bond donors (Lipinski definition) is 1. The van der Waals surface area contributed by atoms with Gasteiger partial charge in [-0.2, -0.15) is 0 Å². The van der Waals surface area contributed by atoms with E-state index in [1.807, 2.05) is 26.0 Å². The van der Waals surface area contributed by atoms with Crippen LogP contribution in [-0.4, -0.2) is 19.1 Å². The van der Waals surface area contributed by atoms with Crippen LogP contribution in [0.2, 0.25) is 5.02 Å². The second-order valence-electron chi connectivity index (χ2n) is 6.15. The molecule has 0 unspecified atom stereocenters. The molecule has 1 saturated carbocycles. The van der Waals surface area contributed by atoms with Gasteiger partial charge in [-0.3, -0.25) is 4.79 Å². The Labute approximate surface area is 146 Å². The van der Waals surface area contributed by atoms with Crippen molar-refractivity contribution in [2.45, 2.75) is 36.3 Å². The topological polar surface area (TPSA) is 63.2 Å². The van der Waals surface area contributed by atoms with Crippen molar-refractivity contribution in [1.29, 1.82) is 0 Å². The van der Waals surface area contributed by atoms with Crippen LogP contribution in [0.3, 0.4) is 0 Å². The van der Waals surface area contributed by atoms with E-state index in [-0.39, 0.29) is 4.90 Å². The summed E-state index contributed by atoms with van der Waals surface area (Å²) in [4.78, 5) is 12.9. The molecule has 4 nitrogen and oxygen atoms in total. The van der Waals surface area contributed by atoms with E-state index in [0.29, 0.717) is 23.6 Å². The zero-order valence-corrected chi connectivity index (χ0v) is 15.0. The van der Waals surface area contributed by atoms with Gasteiger partial charge < -0.3 is 5.32 Å². The molecule has 0 aliphatic heterocycles. The summed E-state index contributed by atoms with van der Waals surface area (Å²) in [7, 11) is -3.76. The fraction of sp³-hybridized carbons (Fsp3) is 0.278. The molecule has 1 aliphatic rings. The summed E-state index contributed by atoms with van der Waals surface area (Å²) in [6, 6.07) is 11.5. The molecule has 24 heavy (non-hydrogen) atoms. The molecule has 3 rings (SSSR count). The minimum atomic E-state index is -3.76. The van der Waals surface area contributed by atoms with Crippen LogP contribution in [0, 0.1) is 13.8 Å². The van der Waals surface area contributed by atoms with Crippen LogP contribution in [0.4, 0.5) is 5.69 Å². The fourth-order valence-electron chi connectivity index (χ4n) is 2.69. The van der Waals surface area contributed by atoms with Crippen LogP contribution in [0.5, 0.6) is 0 Å². The molecule has 0 atom stereocenters. The Hall–Kier alpha value is -1.85. The zero-order valence-electron chi connectivity index (χ0n) is 13.5. The smallest absolute Gasteiger partial charge is 0.246 e. The Balaban J connectivity index is 1.91. The van der Waals surface area contributed by atoms with Crippen LogP contribution in [0.15, 0.2) is 47.4 Å². The first-order valence-corrected chi connectivity index (χ1v) is 9.52. The van der Waals surface area contributed by atoms with E-state index < -0.39 is 20.5 Å². The van der Waals surface area contributed by atoms with Gasteiger partial charge in [-0.25, -0.2) is 8.42 Å². The summed E-state index contributed by atoms with van der Waals surface area (Å²) in [6.07, 6.45) is 0.656. The van der Waals surface area contributed by atoms with E-state index in [2.05, 4.69) is 5.32 Å². The van der Waals surface area contributed by atoms with Crippen LogP contribution in [0.1, 0.15) is 24.0 Å². The van der Waals surface area contributed by atoms with Crippen LogP contribution >= 0.6 is 11.6 Å². The first-order chi connectivity index (χ1) is 11.3. The highest BCUT2D eigenvalue weighted by molar-refractivity contribution is 7.94. The zero-order chi connectivity index (χ0) is 17.5. The van der Waals surface area contributed by atoms with E-state index in [4.69, 9.17) is 11.6 Å². The van der Waals surface area contributed by atoms with Crippen LogP contribution < -0.4 is 5.32 Å². The van der Waals surface area contributed by atoms with Gasteiger partial charge in [0.2, 0.25) is 5.91 Å². The maximum atomic E-state index is 12.9. The highest BCUT2D eigenvalue weighted by atomic mass is 35.5. The second-order valence-corrected chi connectivity index (χ2v) is 8.85. The third-order valence-electron chi connectivity index (χ3n) is 4.61. The van der Waals surface area contributed by atoms with Crippen molar-refractivity contribution in [3.05, 3.63) is 58.6 Å². The fourth-order valence-corrected chi connectivity index (χ4v) is 4.70. The highest BCUT2D eigenvalue weighted by Crippen LogP contribution is 2.47. The molecule has 6 heteroatoms. The summed E-state index contributed by atoms with van der Waals surface area (Å²) >= 11 is 5.82. The SMILES string of the molecule is Cc1cccc(NC(=O)C2(S(=O)(=O)c3ccc(Cl)cc3)CC2)c1C. The maximum absolute atomic E-state index is 12.9. The third-order valence-corrected chi connectivity index (χ3v) is 7.38. The van der Waals surface area contributed by atoms with Gasteiger partial charge in [-0.05, 0) is 68.1 Å². The number of aryl methyl sites for hydroxylation is 1. The van der Waals surface area contributed by atoms with Gasteiger partial charge in [-0.15, -0.1) is 0 Å². The number of carbonyl (C=O) groups excluding carboxylic acids is 1. The first kappa shape index (κ1) is 17.0. The van der Waals surface area contributed by atoms with Gasteiger partial charge in [0.05, 0.1) is 4.90 Å². The Morgan fingerprint density at radius 2 is 1.71 bits per heavy atom. The Kier molecular flexibility index (Phi) is 4.18. The van der Waals surface area contributed by atoms with Crippen molar-refractivity contribution in [1.82, 2.24) is 0 Å². The number of rotatable bonds is 4. The lowest BCUT2D eigenvalue weighted by Gasteiger charge is -2.18. The molecule has 1 amide bonds. The van der Waals surface area contributed by atoms with Gasteiger partial charge in [0.1, 0.15) is 0 Å². The van der Waals surface area contributed by atoms with Gasteiger partial charge in [0.15, 0.2) is 14.6 Å². The predicted octanol–water partition coefficient (Wildman–Crippen LogP) is 3.90. The molecule has 2 aromatic rings. The first-order valence-electron chi connectivity index (χ1n) is 7.66. The van der Waals surface area contributed by atoms with Gasteiger partial charge in [0.25, 0.3) is 0 Å². The Bertz CT molecular complexity index is 900. The number of halogens is 1. The van der Waals surface area contributed by atoms with Gasteiger partial charge in [-0.1, -0.05) is 23.7 Å². The molecule has 0 bridgehead atoms. The van der Waals surface area contributed by atoms with E-state index in [9.17, 15) is 13.2 Å². The maximum Gasteiger partial charge on any atom is 0.246 e. The standard InChI is InChI=1S/C18H18ClNO3S/c1-12-4-3-5-16(13(12)2)20-17(21)18(10-11-18)24(22,23)15-8-6-14(19)7-9-15/h3-9H,10-11H2,1-2H3,(H,20,21). The third kappa shape index (κ3) is 2.72. The summed E-state index contributed by atoms with van der Waals surface area (Å²) in [5.74, 6) is -0.467. The van der Waals surface area contributed by atoms with Crippen LogP contribution in [-0.2, 0) is 14.6 Å². The van der Waals surface area contributed by atoms with E-state index in [0.717, 1.165) is 11.1 Å². The molecular weight excluding hydrogens is 346 g/mol. The highest BCUT2D eigenvalue weighted by Gasteiger charge is 2.61. The largest absolute Gasteiger partial charge is 0.324 e. The molecule has 0 radical (unpaired) electrons. The second kappa shape index (κ2) is 5.90. The number of amides is 1. The van der Waals surface area contributed by atoms with Crippen molar-refractivity contribution < 1.29 is 13.2 Å². The lowest BCUT2D eigenvalue weighted by atomic mass is 10.1. The van der Waals surface area contributed by atoms with Crippen molar-refractivity contribution in [3.63, 3.8) is 0 Å². The average molecular weight is 364 g/mol.